The lowest BCUT2D eigenvalue weighted by Gasteiger charge is -2.14. The fourth-order valence-electron chi connectivity index (χ4n) is 2.29. The van der Waals surface area contributed by atoms with Crippen LogP contribution in [0.3, 0.4) is 0 Å². The molecule has 2 aromatic carbocycles. The molecular formula is C19H25N3O3S. The minimum absolute atomic E-state index is 0.280. The minimum atomic E-state index is -0.984. The SMILES string of the molecule is CCOc1ccc(OCC)c(NC(N)=NCc2ccc(S(C)=O)cc2)c1. The summed E-state index contributed by atoms with van der Waals surface area (Å²) >= 11 is 0. The van der Waals surface area contributed by atoms with Crippen molar-refractivity contribution in [1.82, 2.24) is 0 Å². The molecule has 140 valence electrons. The van der Waals surface area contributed by atoms with E-state index in [2.05, 4.69) is 10.3 Å². The van der Waals surface area contributed by atoms with Crippen molar-refractivity contribution in [2.75, 3.05) is 24.8 Å². The molecule has 6 nitrogen and oxygen atoms in total. The lowest BCUT2D eigenvalue weighted by atomic mass is 10.2. The quantitative estimate of drug-likeness (QED) is 0.547. The summed E-state index contributed by atoms with van der Waals surface area (Å²) in [5.74, 6) is 1.70. The van der Waals surface area contributed by atoms with Crippen molar-refractivity contribution < 1.29 is 13.7 Å². The average molecular weight is 375 g/mol. The number of aliphatic imine (C=N–C) groups is 1. The van der Waals surface area contributed by atoms with Crippen molar-refractivity contribution in [3.8, 4) is 11.5 Å². The summed E-state index contributed by atoms with van der Waals surface area (Å²) in [6.45, 7) is 5.40. The first-order valence-corrected chi connectivity index (χ1v) is 9.98. The van der Waals surface area contributed by atoms with E-state index in [-0.39, 0.29) is 5.96 Å². The Bertz CT molecular complexity index is 776. The van der Waals surface area contributed by atoms with Gasteiger partial charge in [0.25, 0.3) is 0 Å². The highest BCUT2D eigenvalue weighted by molar-refractivity contribution is 7.84. The van der Waals surface area contributed by atoms with Gasteiger partial charge in [-0.3, -0.25) is 4.21 Å². The highest BCUT2D eigenvalue weighted by atomic mass is 32.2. The topological polar surface area (TPSA) is 85.9 Å². The van der Waals surface area contributed by atoms with Gasteiger partial charge in [-0.15, -0.1) is 0 Å². The number of anilines is 1. The number of rotatable bonds is 8. The van der Waals surface area contributed by atoms with Crippen molar-refractivity contribution in [3.63, 3.8) is 0 Å². The molecule has 0 bridgehead atoms. The van der Waals surface area contributed by atoms with Crippen molar-refractivity contribution in [3.05, 3.63) is 48.0 Å². The van der Waals surface area contributed by atoms with Crippen LogP contribution in [0.4, 0.5) is 5.69 Å². The van der Waals surface area contributed by atoms with E-state index in [1.165, 1.54) is 0 Å². The molecule has 0 saturated heterocycles. The van der Waals surface area contributed by atoms with E-state index in [0.717, 1.165) is 16.2 Å². The highest BCUT2D eigenvalue weighted by Gasteiger charge is 2.07. The zero-order valence-electron chi connectivity index (χ0n) is 15.3. The maximum Gasteiger partial charge on any atom is 0.193 e. The van der Waals surface area contributed by atoms with Gasteiger partial charge in [-0.25, -0.2) is 4.99 Å². The number of nitrogens with one attached hydrogen (secondary N) is 1. The molecule has 0 aliphatic rings. The third-order valence-electron chi connectivity index (χ3n) is 3.51. The largest absolute Gasteiger partial charge is 0.494 e. The Morgan fingerprint density at radius 3 is 2.42 bits per heavy atom. The Labute approximate surface area is 156 Å². The Hall–Kier alpha value is -2.54. The van der Waals surface area contributed by atoms with Crippen LogP contribution in [-0.2, 0) is 17.3 Å². The van der Waals surface area contributed by atoms with Gasteiger partial charge in [-0.1, -0.05) is 12.1 Å². The molecule has 0 radical (unpaired) electrons. The minimum Gasteiger partial charge on any atom is -0.494 e. The van der Waals surface area contributed by atoms with Crippen molar-refractivity contribution in [2.45, 2.75) is 25.3 Å². The number of ether oxygens (including phenoxy) is 2. The Balaban J connectivity index is 2.09. The number of nitrogens with zero attached hydrogens (tertiary/aromatic N) is 1. The summed E-state index contributed by atoms with van der Waals surface area (Å²) < 4.78 is 22.5. The molecule has 1 atom stereocenters. The van der Waals surface area contributed by atoms with Gasteiger partial charge in [-0.05, 0) is 43.7 Å². The van der Waals surface area contributed by atoms with Crippen LogP contribution < -0.4 is 20.5 Å². The van der Waals surface area contributed by atoms with E-state index in [1.54, 1.807) is 6.26 Å². The third kappa shape index (κ3) is 5.77. The van der Waals surface area contributed by atoms with Gasteiger partial charge in [0.1, 0.15) is 11.5 Å². The number of nitrogens with two attached hydrogens (primary N) is 1. The summed E-state index contributed by atoms with van der Waals surface area (Å²) in [5.41, 5.74) is 7.70. The lowest BCUT2D eigenvalue weighted by Crippen LogP contribution is -2.23. The van der Waals surface area contributed by atoms with Gasteiger partial charge >= 0.3 is 0 Å². The van der Waals surface area contributed by atoms with Crippen LogP contribution in [0.1, 0.15) is 19.4 Å². The lowest BCUT2D eigenvalue weighted by molar-refractivity contribution is 0.332. The van der Waals surface area contributed by atoms with Crippen molar-refractivity contribution in [2.24, 2.45) is 10.7 Å². The van der Waals surface area contributed by atoms with E-state index in [4.69, 9.17) is 15.2 Å². The Morgan fingerprint density at radius 2 is 1.81 bits per heavy atom. The second-order valence-electron chi connectivity index (χ2n) is 5.45. The molecule has 0 spiro atoms. The van der Waals surface area contributed by atoms with Crippen LogP contribution in [0.5, 0.6) is 11.5 Å². The van der Waals surface area contributed by atoms with Gasteiger partial charge in [0, 0.05) is 28.0 Å². The molecular weight excluding hydrogens is 350 g/mol. The summed E-state index contributed by atoms with van der Waals surface area (Å²) in [6.07, 6.45) is 1.65. The van der Waals surface area contributed by atoms with E-state index in [0.29, 0.717) is 31.2 Å². The monoisotopic (exact) mass is 375 g/mol. The molecule has 2 aromatic rings. The first kappa shape index (κ1) is 19.8. The highest BCUT2D eigenvalue weighted by Crippen LogP contribution is 2.29. The molecule has 0 aliphatic heterocycles. The number of hydrogen-bond acceptors (Lipinski definition) is 4. The van der Waals surface area contributed by atoms with Crippen LogP contribution in [-0.4, -0.2) is 29.6 Å². The second-order valence-corrected chi connectivity index (χ2v) is 6.83. The molecule has 2 rings (SSSR count). The zero-order chi connectivity index (χ0) is 18.9. The van der Waals surface area contributed by atoms with E-state index in [1.807, 2.05) is 56.3 Å². The summed E-state index contributed by atoms with van der Waals surface area (Å²) in [5, 5.41) is 3.07. The van der Waals surface area contributed by atoms with E-state index in [9.17, 15) is 4.21 Å². The van der Waals surface area contributed by atoms with E-state index >= 15 is 0 Å². The predicted octanol–water partition coefficient (Wildman–Crippen LogP) is 3.15. The van der Waals surface area contributed by atoms with Crippen LogP contribution in [0.25, 0.3) is 0 Å². The first-order valence-electron chi connectivity index (χ1n) is 8.42. The van der Waals surface area contributed by atoms with Crippen molar-refractivity contribution in [1.29, 1.82) is 0 Å². The Morgan fingerprint density at radius 1 is 1.12 bits per heavy atom. The first-order chi connectivity index (χ1) is 12.5. The molecule has 3 N–H and O–H groups in total. The number of benzene rings is 2. The Kier molecular flexibility index (Phi) is 7.47. The van der Waals surface area contributed by atoms with Crippen LogP contribution in [0, 0.1) is 0 Å². The summed E-state index contributed by atoms with van der Waals surface area (Å²) in [6, 6.07) is 13.0. The van der Waals surface area contributed by atoms with Crippen molar-refractivity contribution >= 4 is 22.4 Å². The fourth-order valence-corrected chi connectivity index (χ4v) is 2.80. The van der Waals surface area contributed by atoms with Crippen LogP contribution >= 0.6 is 0 Å². The molecule has 0 saturated carbocycles. The van der Waals surface area contributed by atoms with Gasteiger partial charge in [0.2, 0.25) is 0 Å². The molecule has 26 heavy (non-hydrogen) atoms. The normalized spacial score (nSPS) is 12.5. The van der Waals surface area contributed by atoms with Gasteiger partial charge < -0.3 is 20.5 Å². The molecule has 7 heteroatoms. The van der Waals surface area contributed by atoms with Crippen LogP contribution in [0.2, 0.25) is 0 Å². The second kappa shape index (κ2) is 9.82. The summed E-state index contributed by atoms with van der Waals surface area (Å²) in [4.78, 5) is 5.14. The third-order valence-corrected chi connectivity index (χ3v) is 4.45. The maximum atomic E-state index is 11.4. The molecule has 1 unspecified atom stereocenters. The maximum absolute atomic E-state index is 11.4. The standard InChI is InChI=1S/C19H25N3O3S/c1-4-24-15-8-11-18(25-5-2)17(12-15)22-19(20)21-13-14-6-9-16(10-7-14)26(3)23/h6-12H,4-5,13H2,1-3H3,(H3,20,21,22). The van der Waals surface area contributed by atoms with Gasteiger partial charge in [0.05, 0.1) is 25.4 Å². The molecule has 0 heterocycles. The number of hydrogen-bond donors (Lipinski definition) is 2. The molecule has 0 amide bonds. The van der Waals surface area contributed by atoms with Crippen LogP contribution in [0.15, 0.2) is 52.4 Å². The van der Waals surface area contributed by atoms with E-state index < -0.39 is 10.8 Å². The predicted molar refractivity (Wildman–Crippen MR) is 107 cm³/mol. The van der Waals surface area contributed by atoms with Gasteiger partial charge in [-0.2, -0.15) is 0 Å². The van der Waals surface area contributed by atoms with Gasteiger partial charge in [0.15, 0.2) is 5.96 Å². The number of guanidine groups is 1. The smallest absolute Gasteiger partial charge is 0.193 e. The fraction of sp³-hybridized carbons (Fsp3) is 0.316. The molecule has 0 aromatic heterocycles. The molecule has 0 fully saturated rings. The average Bonchev–Trinajstić information content (AvgIpc) is 2.63. The summed E-state index contributed by atoms with van der Waals surface area (Å²) in [7, 11) is -0.984. The zero-order valence-corrected chi connectivity index (χ0v) is 16.1. The molecule has 0 aliphatic carbocycles.